The summed E-state index contributed by atoms with van der Waals surface area (Å²) in [6, 6.07) is 11.9. The Kier molecular flexibility index (Phi) is 5.67. The van der Waals surface area contributed by atoms with E-state index in [-0.39, 0.29) is 18.7 Å². The lowest BCUT2D eigenvalue weighted by molar-refractivity contribution is 0.127. The van der Waals surface area contributed by atoms with E-state index in [4.69, 9.17) is 5.11 Å². The van der Waals surface area contributed by atoms with E-state index in [0.29, 0.717) is 25.5 Å². The van der Waals surface area contributed by atoms with Gasteiger partial charge in [-0.15, -0.1) is 0 Å². The molecule has 2 amide bonds. The Labute approximate surface area is 147 Å². The summed E-state index contributed by atoms with van der Waals surface area (Å²) in [5.74, 6) is 0.561. The maximum Gasteiger partial charge on any atom is 0.323 e. The summed E-state index contributed by atoms with van der Waals surface area (Å²) in [7, 11) is 0. The van der Waals surface area contributed by atoms with E-state index in [1.165, 1.54) is 5.56 Å². The number of nitrogens with zero attached hydrogens (tertiary/aromatic N) is 4. The summed E-state index contributed by atoms with van der Waals surface area (Å²) in [6.07, 6.45) is 1.88. The number of anilines is 1. The monoisotopic (exact) mass is 343 g/mol. The molecule has 7 nitrogen and oxygen atoms in total. The van der Waals surface area contributed by atoms with E-state index in [1.807, 2.05) is 35.1 Å². The van der Waals surface area contributed by atoms with Crippen molar-refractivity contribution in [2.45, 2.75) is 13.0 Å². The normalized spacial score (nSPS) is 16.6. The van der Waals surface area contributed by atoms with Crippen molar-refractivity contribution >= 4 is 11.8 Å². The van der Waals surface area contributed by atoms with E-state index in [2.05, 4.69) is 34.4 Å². The van der Waals surface area contributed by atoms with Gasteiger partial charge in [0.1, 0.15) is 0 Å². The Morgan fingerprint density at radius 3 is 2.60 bits per heavy atom. The van der Waals surface area contributed by atoms with Crippen molar-refractivity contribution in [2.24, 2.45) is 0 Å². The molecule has 0 saturated carbocycles. The molecule has 2 N–H and O–H groups in total. The predicted molar refractivity (Wildman–Crippen MR) is 96.6 cm³/mol. The van der Waals surface area contributed by atoms with E-state index >= 15 is 0 Å². The fourth-order valence-electron chi connectivity index (χ4n) is 3.01. The number of aromatic nitrogens is 2. The number of benzene rings is 1. The van der Waals surface area contributed by atoms with Gasteiger partial charge in [0.05, 0.1) is 12.6 Å². The number of aliphatic hydroxyl groups excluding tert-OH is 1. The van der Waals surface area contributed by atoms with E-state index in [0.717, 1.165) is 13.1 Å². The number of piperazine rings is 1. The minimum absolute atomic E-state index is 0.105. The lowest BCUT2D eigenvalue weighted by Gasteiger charge is -2.34. The molecule has 134 valence electrons. The molecule has 2 aromatic rings. The zero-order valence-electron chi connectivity index (χ0n) is 14.5. The van der Waals surface area contributed by atoms with Crippen molar-refractivity contribution in [1.29, 1.82) is 0 Å². The first-order valence-electron chi connectivity index (χ1n) is 8.66. The van der Waals surface area contributed by atoms with Crippen molar-refractivity contribution in [3.05, 3.63) is 48.2 Å². The summed E-state index contributed by atoms with van der Waals surface area (Å²) in [5.41, 5.74) is 1.17. The topological polar surface area (TPSA) is 73.6 Å². The van der Waals surface area contributed by atoms with E-state index in [9.17, 15) is 4.79 Å². The molecule has 0 aliphatic carbocycles. The number of amides is 2. The molecule has 7 heteroatoms. The van der Waals surface area contributed by atoms with Crippen LogP contribution < -0.4 is 5.32 Å². The smallest absolute Gasteiger partial charge is 0.323 e. The molecular formula is C18H25N5O2. The van der Waals surface area contributed by atoms with E-state index < -0.39 is 0 Å². The summed E-state index contributed by atoms with van der Waals surface area (Å²) in [4.78, 5) is 16.3. The molecule has 25 heavy (non-hydrogen) atoms. The van der Waals surface area contributed by atoms with Gasteiger partial charge in [-0.05, 0) is 12.5 Å². The standard InChI is InChI=1S/C18H25N5O2/c1-15(16-5-3-2-4-6-16)23-8-7-17(20-23)19-18(25)22-11-9-21(10-12-22)13-14-24/h2-8,15,24H,9-14H2,1H3,(H,19,20,25)/t15-/m0/s1. The van der Waals surface area contributed by atoms with Gasteiger partial charge in [-0.2, -0.15) is 5.10 Å². The number of rotatable bonds is 5. The number of carbonyl (C=O) groups is 1. The highest BCUT2D eigenvalue weighted by atomic mass is 16.3. The van der Waals surface area contributed by atoms with Crippen molar-refractivity contribution in [3.63, 3.8) is 0 Å². The van der Waals surface area contributed by atoms with Crippen LogP contribution in [0.3, 0.4) is 0 Å². The third-order valence-corrected chi connectivity index (χ3v) is 4.60. The van der Waals surface area contributed by atoms with Crippen LogP contribution >= 0.6 is 0 Å². The number of hydrogen-bond donors (Lipinski definition) is 2. The van der Waals surface area contributed by atoms with Gasteiger partial charge in [0, 0.05) is 45.0 Å². The zero-order valence-corrected chi connectivity index (χ0v) is 14.5. The van der Waals surface area contributed by atoms with Crippen molar-refractivity contribution in [2.75, 3.05) is 44.6 Å². The van der Waals surface area contributed by atoms with Crippen LogP contribution in [0.5, 0.6) is 0 Å². The van der Waals surface area contributed by atoms with Gasteiger partial charge < -0.3 is 10.0 Å². The van der Waals surface area contributed by atoms with Crippen LogP contribution in [-0.4, -0.2) is 70.0 Å². The minimum atomic E-state index is -0.124. The first-order valence-corrected chi connectivity index (χ1v) is 8.66. The molecule has 1 atom stereocenters. The predicted octanol–water partition coefficient (Wildman–Crippen LogP) is 1.63. The molecule has 0 bridgehead atoms. The average molecular weight is 343 g/mol. The van der Waals surface area contributed by atoms with E-state index in [1.54, 1.807) is 4.90 Å². The Morgan fingerprint density at radius 1 is 1.20 bits per heavy atom. The molecular weight excluding hydrogens is 318 g/mol. The van der Waals surface area contributed by atoms with Crippen molar-refractivity contribution < 1.29 is 9.90 Å². The molecule has 0 unspecified atom stereocenters. The number of hydrogen-bond acceptors (Lipinski definition) is 4. The third kappa shape index (κ3) is 4.37. The first kappa shape index (κ1) is 17.4. The molecule has 0 spiro atoms. The van der Waals surface area contributed by atoms with Crippen LogP contribution in [0.2, 0.25) is 0 Å². The number of carbonyl (C=O) groups excluding carboxylic acids is 1. The molecule has 1 aromatic heterocycles. The minimum Gasteiger partial charge on any atom is -0.395 e. The number of β-amino-alcohol motifs (C(OH)–C–C–N with tert-alkyl or cyclic N) is 1. The van der Waals surface area contributed by atoms with Gasteiger partial charge in [0.15, 0.2) is 5.82 Å². The van der Waals surface area contributed by atoms with Gasteiger partial charge in [-0.25, -0.2) is 4.79 Å². The highest BCUT2D eigenvalue weighted by Crippen LogP contribution is 2.18. The van der Waals surface area contributed by atoms with Gasteiger partial charge in [-0.1, -0.05) is 30.3 Å². The fourth-order valence-corrected chi connectivity index (χ4v) is 3.01. The maximum absolute atomic E-state index is 12.4. The lowest BCUT2D eigenvalue weighted by Crippen LogP contribution is -2.50. The molecule has 2 heterocycles. The van der Waals surface area contributed by atoms with Gasteiger partial charge in [-0.3, -0.25) is 14.9 Å². The largest absolute Gasteiger partial charge is 0.395 e. The summed E-state index contributed by atoms with van der Waals surface area (Å²) >= 11 is 0. The molecule has 0 radical (unpaired) electrons. The van der Waals surface area contributed by atoms with Crippen molar-refractivity contribution in [3.8, 4) is 0 Å². The Bertz CT molecular complexity index is 680. The average Bonchev–Trinajstić information content (AvgIpc) is 3.11. The van der Waals surface area contributed by atoms with Crippen LogP contribution in [0.4, 0.5) is 10.6 Å². The highest BCUT2D eigenvalue weighted by Gasteiger charge is 2.21. The van der Waals surface area contributed by atoms with Crippen LogP contribution in [0.15, 0.2) is 42.6 Å². The molecule has 1 aliphatic rings. The highest BCUT2D eigenvalue weighted by molar-refractivity contribution is 5.88. The van der Waals surface area contributed by atoms with Crippen LogP contribution in [-0.2, 0) is 0 Å². The number of urea groups is 1. The Balaban J connectivity index is 1.55. The quantitative estimate of drug-likeness (QED) is 0.865. The zero-order chi connectivity index (χ0) is 17.6. The molecule has 1 aliphatic heterocycles. The van der Waals surface area contributed by atoms with Crippen molar-refractivity contribution in [1.82, 2.24) is 19.6 Å². The number of aliphatic hydroxyl groups is 1. The summed E-state index contributed by atoms with van der Waals surface area (Å²) in [5, 5.41) is 16.3. The third-order valence-electron chi connectivity index (χ3n) is 4.60. The van der Waals surface area contributed by atoms with Crippen LogP contribution in [0.1, 0.15) is 18.5 Å². The molecule has 1 saturated heterocycles. The molecule has 3 rings (SSSR count). The first-order chi connectivity index (χ1) is 12.2. The summed E-state index contributed by atoms with van der Waals surface area (Å²) in [6.45, 7) is 5.79. The Hall–Kier alpha value is -2.38. The summed E-state index contributed by atoms with van der Waals surface area (Å²) < 4.78 is 1.85. The fraction of sp³-hybridized carbons (Fsp3) is 0.444. The van der Waals surface area contributed by atoms with Crippen LogP contribution in [0, 0.1) is 0 Å². The van der Waals surface area contributed by atoms with Gasteiger partial charge in [0.2, 0.25) is 0 Å². The second-order valence-electron chi connectivity index (χ2n) is 6.25. The van der Waals surface area contributed by atoms with Gasteiger partial charge in [0.25, 0.3) is 0 Å². The second kappa shape index (κ2) is 8.13. The van der Waals surface area contributed by atoms with Gasteiger partial charge >= 0.3 is 6.03 Å². The number of nitrogens with one attached hydrogen (secondary N) is 1. The lowest BCUT2D eigenvalue weighted by atomic mass is 10.1. The van der Waals surface area contributed by atoms with Crippen LogP contribution in [0.25, 0.3) is 0 Å². The molecule has 1 fully saturated rings. The SMILES string of the molecule is C[C@@H](c1ccccc1)n1ccc(NC(=O)N2CCN(CCO)CC2)n1. The second-order valence-corrected chi connectivity index (χ2v) is 6.25. The molecule has 1 aromatic carbocycles. The maximum atomic E-state index is 12.4. The Morgan fingerprint density at radius 2 is 1.92 bits per heavy atom.